The van der Waals surface area contributed by atoms with Crippen LogP contribution >= 0.6 is 11.6 Å². The van der Waals surface area contributed by atoms with Crippen molar-refractivity contribution in [1.82, 2.24) is 20.4 Å². The van der Waals surface area contributed by atoms with Gasteiger partial charge in [0.15, 0.2) is 0 Å². The van der Waals surface area contributed by atoms with Crippen molar-refractivity contribution in [2.45, 2.75) is 56.5 Å². The highest BCUT2D eigenvalue weighted by molar-refractivity contribution is 6.31. The molecule has 3 aliphatic rings. The number of piperidine rings is 1. The fourth-order valence-electron chi connectivity index (χ4n) is 6.57. The summed E-state index contributed by atoms with van der Waals surface area (Å²) in [7, 11) is 1.56. The smallest absolute Gasteiger partial charge is 0.251 e. The molecule has 2 aromatic carbocycles. The number of halogens is 1. The number of likely N-dealkylation sites (tertiary alicyclic amines) is 1. The van der Waals surface area contributed by atoms with Crippen molar-refractivity contribution >= 4 is 40.9 Å². The molecule has 5 rings (SSSR count). The van der Waals surface area contributed by atoms with Gasteiger partial charge in [-0.25, -0.2) is 0 Å². The number of anilines is 1. The van der Waals surface area contributed by atoms with E-state index in [1.165, 1.54) is 0 Å². The molecule has 1 aliphatic carbocycles. The van der Waals surface area contributed by atoms with Crippen LogP contribution in [-0.2, 0) is 14.4 Å². The molecular formula is C31H38ClN5O4. The van der Waals surface area contributed by atoms with E-state index in [1.54, 1.807) is 41.1 Å². The Kier molecular flexibility index (Phi) is 8.82. The Morgan fingerprint density at radius 3 is 2.37 bits per heavy atom. The molecule has 41 heavy (non-hydrogen) atoms. The van der Waals surface area contributed by atoms with E-state index in [2.05, 4.69) is 15.5 Å². The Balaban J connectivity index is 1.35. The molecule has 0 radical (unpaired) electrons. The van der Waals surface area contributed by atoms with E-state index in [0.717, 1.165) is 37.8 Å². The second kappa shape index (κ2) is 12.5. The molecular weight excluding hydrogens is 542 g/mol. The largest absolute Gasteiger partial charge is 0.358 e. The number of benzene rings is 2. The lowest BCUT2D eigenvalue weighted by Gasteiger charge is -2.44. The second-order valence-electron chi connectivity index (χ2n) is 11.3. The van der Waals surface area contributed by atoms with Crippen LogP contribution in [0, 0.1) is 5.92 Å². The number of carbonyl (C=O) groups excluding carboxylic acids is 4. The fraction of sp³-hybridized carbons (Fsp3) is 0.484. The molecule has 0 bridgehead atoms. The van der Waals surface area contributed by atoms with Gasteiger partial charge in [-0.05, 0) is 61.9 Å². The van der Waals surface area contributed by atoms with E-state index < -0.39 is 11.6 Å². The Bertz CT molecular complexity index is 1270. The van der Waals surface area contributed by atoms with E-state index in [-0.39, 0.29) is 36.1 Å². The molecule has 218 valence electrons. The molecule has 1 spiro atoms. The SMILES string of the molecule is CNC(=O)CN1CN(c2ccccc2)C2(CCN(C(=O)[C@H](NC(=O)c3cccc(Cl)c3)C3CCCCC3)CC2)C1=O. The van der Waals surface area contributed by atoms with Crippen LogP contribution in [0.25, 0.3) is 0 Å². The minimum absolute atomic E-state index is 0.0116. The lowest BCUT2D eigenvalue weighted by molar-refractivity contribution is -0.141. The standard InChI is InChI=1S/C31H38ClN5O4/c1-33-26(38)20-36-21-37(25-13-6-3-7-14-25)31(30(36)41)15-17-35(18-16-31)29(40)27(22-9-4-2-5-10-22)34-28(39)23-11-8-12-24(32)19-23/h3,6-8,11-14,19,22,27H,2,4-5,9-10,15-18,20-21H2,1H3,(H,33,38)(H,34,39)/t27-/m1/s1. The van der Waals surface area contributed by atoms with Gasteiger partial charge < -0.3 is 25.3 Å². The van der Waals surface area contributed by atoms with Crippen molar-refractivity contribution in [3.05, 3.63) is 65.2 Å². The van der Waals surface area contributed by atoms with Crippen LogP contribution in [0.5, 0.6) is 0 Å². The summed E-state index contributed by atoms with van der Waals surface area (Å²) in [6, 6.07) is 15.9. The number of nitrogens with one attached hydrogen (secondary N) is 2. The quantitative estimate of drug-likeness (QED) is 0.523. The summed E-state index contributed by atoms with van der Waals surface area (Å²) in [5.41, 5.74) is 0.500. The van der Waals surface area contributed by atoms with Crippen molar-refractivity contribution in [2.75, 3.05) is 38.3 Å². The molecule has 0 aromatic heterocycles. The van der Waals surface area contributed by atoms with Gasteiger partial charge in [-0.15, -0.1) is 0 Å². The summed E-state index contributed by atoms with van der Waals surface area (Å²) < 4.78 is 0. The van der Waals surface area contributed by atoms with E-state index >= 15 is 0 Å². The summed E-state index contributed by atoms with van der Waals surface area (Å²) >= 11 is 6.12. The molecule has 2 heterocycles. The number of carbonyl (C=O) groups is 4. The van der Waals surface area contributed by atoms with Gasteiger partial charge in [-0.1, -0.05) is 55.1 Å². The lowest BCUT2D eigenvalue weighted by Crippen LogP contribution is -2.60. The van der Waals surface area contributed by atoms with Gasteiger partial charge in [-0.3, -0.25) is 19.2 Å². The molecule has 1 atom stereocenters. The summed E-state index contributed by atoms with van der Waals surface area (Å²) in [5.74, 6) is -0.652. The van der Waals surface area contributed by atoms with Crippen molar-refractivity contribution < 1.29 is 19.2 Å². The van der Waals surface area contributed by atoms with Gasteiger partial charge in [0.05, 0.1) is 6.67 Å². The van der Waals surface area contributed by atoms with E-state index in [1.807, 2.05) is 30.3 Å². The zero-order valence-corrected chi connectivity index (χ0v) is 24.2. The topological polar surface area (TPSA) is 102 Å². The highest BCUT2D eigenvalue weighted by Crippen LogP contribution is 2.40. The lowest BCUT2D eigenvalue weighted by atomic mass is 9.81. The van der Waals surface area contributed by atoms with Gasteiger partial charge in [0, 0.05) is 36.4 Å². The van der Waals surface area contributed by atoms with E-state index in [0.29, 0.717) is 43.2 Å². The van der Waals surface area contributed by atoms with Crippen LogP contribution in [0.2, 0.25) is 5.02 Å². The van der Waals surface area contributed by atoms with Gasteiger partial charge in [-0.2, -0.15) is 0 Å². The number of para-hydroxylation sites is 1. The molecule has 2 aromatic rings. The van der Waals surface area contributed by atoms with Gasteiger partial charge >= 0.3 is 0 Å². The summed E-state index contributed by atoms with van der Waals surface area (Å²) in [6.07, 6.45) is 5.86. The van der Waals surface area contributed by atoms with E-state index in [9.17, 15) is 19.2 Å². The van der Waals surface area contributed by atoms with Crippen molar-refractivity contribution in [3.8, 4) is 0 Å². The van der Waals surface area contributed by atoms with Gasteiger partial charge in [0.1, 0.15) is 18.1 Å². The van der Waals surface area contributed by atoms with Crippen LogP contribution in [0.1, 0.15) is 55.3 Å². The van der Waals surface area contributed by atoms with Crippen LogP contribution in [0.4, 0.5) is 5.69 Å². The zero-order chi connectivity index (χ0) is 29.0. The maximum absolute atomic E-state index is 14.0. The third kappa shape index (κ3) is 6.05. The van der Waals surface area contributed by atoms with Gasteiger partial charge in [0.2, 0.25) is 11.8 Å². The Labute approximate surface area is 246 Å². The molecule has 3 fully saturated rings. The number of rotatable bonds is 7. The predicted octanol–water partition coefficient (Wildman–Crippen LogP) is 3.43. The summed E-state index contributed by atoms with van der Waals surface area (Å²) in [4.78, 5) is 58.8. The molecule has 2 N–H and O–H groups in total. The number of hydrogen-bond donors (Lipinski definition) is 2. The first-order chi connectivity index (χ1) is 19.8. The second-order valence-corrected chi connectivity index (χ2v) is 11.7. The maximum Gasteiger partial charge on any atom is 0.251 e. The molecule has 2 saturated heterocycles. The Hall–Kier alpha value is -3.59. The van der Waals surface area contributed by atoms with Crippen molar-refractivity contribution in [1.29, 1.82) is 0 Å². The molecule has 0 unspecified atom stereocenters. The fourth-order valence-corrected chi connectivity index (χ4v) is 6.76. The third-order valence-electron chi connectivity index (χ3n) is 8.86. The molecule has 2 aliphatic heterocycles. The van der Waals surface area contributed by atoms with Crippen molar-refractivity contribution in [3.63, 3.8) is 0 Å². The maximum atomic E-state index is 14.0. The summed E-state index contributed by atoms with van der Waals surface area (Å²) in [5, 5.41) is 6.12. The normalized spacial score (nSPS) is 19.8. The van der Waals surface area contributed by atoms with Crippen molar-refractivity contribution in [2.24, 2.45) is 5.92 Å². The first-order valence-corrected chi connectivity index (χ1v) is 14.9. The summed E-state index contributed by atoms with van der Waals surface area (Å²) in [6.45, 7) is 1.07. The zero-order valence-electron chi connectivity index (χ0n) is 23.5. The van der Waals surface area contributed by atoms with Crippen LogP contribution in [0.15, 0.2) is 54.6 Å². The van der Waals surface area contributed by atoms with Crippen LogP contribution in [0.3, 0.4) is 0 Å². The number of amides is 4. The first-order valence-electron chi connectivity index (χ1n) is 14.5. The van der Waals surface area contributed by atoms with Gasteiger partial charge in [0.25, 0.3) is 11.8 Å². The van der Waals surface area contributed by atoms with Crippen LogP contribution in [-0.4, -0.2) is 78.4 Å². The monoisotopic (exact) mass is 579 g/mol. The minimum Gasteiger partial charge on any atom is -0.358 e. The molecule has 4 amide bonds. The third-order valence-corrected chi connectivity index (χ3v) is 9.09. The predicted molar refractivity (Wildman–Crippen MR) is 157 cm³/mol. The molecule has 9 nitrogen and oxygen atoms in total. The Morgan fingerprint density at radius 2 is 1.71 bits per heavy atom. The highest BCUT2D eigenvalue weighted by atomic mass is 35.5. The average Bonchev–Trinajstić information content (AvgIpc) is 3.26. The molecule has 10 heteroatoms. The van der Waals surface area contributed by atoms with Crippen LogP contribution < -0.4 is 15.5 Å². The minimum atomic E-state index is -0.837. The number of likely N-dealkylation sites (N-methyl/N-ethyl adjacent to an activating group) is 1. The first kappa shape index (κ1) is 28.9. The number of nitrogens with zero attached hydrogens (tertiary/aromatic N) is 3. The Morgan fingerprint density at radius 1 is 1.00 bits per heavy atom. The molecule has 1 saturated carbocycles. The highest BCUT2D eigenvalue weighted by Gasteiger charge is 2.54. The van der Waals surface area contributed by atoms with E-state index in [4.69, 9.17) is 11.6 Å². The average molecular weight is 580 g/mol. The number of hydrogen-bond acceptors (Lipinski definition) is 5.